The number of rotatable bonds is 8. The minimum absolute atomic E-state index is 0.454. The quantitative estimate of drug-likeness (QED) is 0.794. The van der Waals surface area contributed by atoms with E-state index in [1.54, 1.807) is 0 Å². The number of nitrogens with zero attached hydrogens (tertiary/aromatic N) is 1. The fraction of sp³-hybridized carbons (Fsp3) is 0.444. The van der Waals surface area contributed by atoms with Gasteiger partial charge in [0.15, 0.2) is 0 Å². The van der Waals surface area contributed by atoms with E-state index in [0.717, 1.165) is 19.4 Å². The van der Waals surface area contributed by atoms with Crippen molar-refractivity contribution in [1.29, 1.82) is 0 Å². The summed E-state index contributed by atoms with van der Waals surface area (Å²) in [6.45, 7) is 3.26. The van der Waals surface area contributed by atoms with Gasteiger partial charge in [0.1, 0.15) is 0 Å². The molecule has 2 unspecified atom stereocenters. The van der Waals surface area contributed by atoms with Crippen molar-refractivity contribution in [3.8, 4) is 0 Å². The lowest BCUT2D eigenvalue weighted by Gasteiger charge is -2.26. The van der Waals surface area contributed by atoms with Gasteiger partial charge in [-0.3, -0.25) is 0 Å². The monoisotopic (exact) mass is 302 g/mol. The van der Waals surface area contributed by atoms with Crippen LogP contribution in [0.1, 0.15) is 29.8 Å². The second-order valence-electron chi connectivity index (χ2n) is 5.70. The molecule has 1 aromatic heterocycles. The topological polar surface area (TPSA) is 15.3 Å². The summed E-state index contributed by atoms with van der Waals surface area (Å²) in [5.41, 5.74) is 1.41. The molecule has 2 rings (SSSR count). The fourth-order valence-electron chi connectivity index (χ4n) is 2.56. The van der Waals surface area contributed by atoms with Crippen molar-refractivity contribution in [2.75, 3.05) is 20.6 Å². The Hall–Kier alpha value is -1.16. The minimum Gasteiger partial charge on any atom is -0.312 e. The predicted octanol–water partition coefficient (Wildman–Crippen LogP) is 3.96. The van der Waals surface area contributed by atoms with E-state index in [-0.39, 0.29) is 0 Å². The van der Waals surface area contributed by atoms with Crippen LogP contribution in [0.25, 0.3) is 0 Å². The van der Waals surface area contributed by atoms with Gasteiger partial charge in [0, 0.05) is 17.5 Å². The van der Waals surface area contributed by atoms with E-state index >= 15 is 0 Å². The maximum absolute atomic E-state index is 3.75. The van der Waals surface area contributed by atoms with Crippen LogP contribution in [-0.4, -0.2) is 31.6 Å². The zero-order valence-corrected chi connectivity index (χ0v) is 14.1. The molecule has 0 aliphatic carbocycles. The summed E-state index contributed by atoms with van der Waals surface area (Å²) in [5.74, 6) is 0. The molecular weight excluding hydrogens is 276 g/mol. The van der Waals surface area contributed by atoms with Crippen LogP contribution in [-0.2, 0) is 6.42 Å². The molecule has 0 spiro atoms. The molecule has 1 aromatic carbocycles. The van der Waals surface area contributed by atoms with E-state index in [9.17, 15) is 0 Å². The average Bonchev–Trinajstić information content (AvgIpc) is 3.01. The number of hydrogen-bond acceptors (Lipinski definition) is 3. The molecular formula is C18H26N2S. The molecule has 0 bridgehead atoms. The molecule has 21 heavy (non-hydrogen) atoms. The zero-order chi connectivity index (χ0) is 15.1. The summed E-state index contributed by atoms with van der Waals surface area (Å²) >= 11 is 1.84. The molecule has 0 amide bonds. The first kappa shape index (κ1) is 16.2. The summed E-state index contributed by atoms with van der Waals surface area (Å²) < 4.78 is 0. The molecule has 0 aliphatic rings. The predicted molar refractivity (Wildman–Crippen MR) is 93.0 cm³/mol. The largest absolute Gasteiger partial charge is 0.312 e. The van der Waals surface area contributed by atoms with Crippen LogP contribution in [0.3, 0.4) is 0 Å². The van der Waals surface area contributed by atoms with Crippen molar-refractivity contribution in [1.82, 2.24) is 10.2 Å². The van der Waals surface area contributed by atoms with Crippen LogP contribution in [0, 0.1) is 0 Å². The molecule has 0 saturated heterocycles. The Labute approximate surface area is 132 Å². The molecule has 0 aliphatic heterocycles. The Morgan fingerprint density at radius 2 is 1.86 bits per heavy atom. The molecule has 0 radical (unpaired) electrons. The molecule has 2 atom stereocenters. The maximum atomic E-state index is 3.75. The van der Waals surface area contributed by atoms with E-state index in [4.69, 9.17) is 0 Å². The Balaban J connectivity index is 1.92. The number of benzene rings is 1. The highest BCUT2D eigenvalue weighted by atomic mass is 32.1. The third-order valence-corrected chi connectivity index (χ3v) is 4.89. The van der Waals surface area contributed by atoms with Crippen molar-refractivity contribution in [2.24, 2.45) is 0 Å². The lowest BCUT2D eigenvalue weighted by atomic mass is 10.0. The van der Waals surface area contributed by atoms with Gasteiger partial charge in [0.25, 0.3) is 0 Å². The molecule has 0 fully saturated rings. The van der Waals surface area contributed by atoms with E-state index in [2.05, 4.69) is 79.1 Å². The maximum Gasteiger partial charge on any atom is 0.0561 e. The SMILES string of the molecule is CCC(Cc1ccccc1)NCC(c1cccs1)N(C)C. The fourth-order valence-corrected chi connectivity index (χ4v) is 3.48. The Kier molecular flexibility index (Phi) is 6.43. The molecule has 1 heterocycles. The third kappa shape index (κ3) is 4.95. The molecule has 2 nitrogen and oxygen atoms in total. The summed E-state index contributed by atoms with van der Waals surface area (Å²) in [6.07, 6.45) is 2.25. The zero-order valence-electron chi connectivity index (χ0n) is 13.3. The molecule has 114 valence electrons. The number of thiophene rings is 1. The highest BCUT2D eigenvalue weighted by molar-refractivity contribution is 7.10. The van der Waals surface area contributed by atoms with Gasteiger partial charge < -0.3 is 10.2 Å². The van der Waals surface area contributed by atoms with Crippen LogP contribution in [0.5, 0.6) is 0 Å². The highest BCUT2D eigenvalue weighted by Crippen LogP contribution is 2.22. The lowest BCUT2D eigenvalue weighted by molar-refractivity contribution is 0.281. The number of hydrogen-bond donors (Lipinski definition) is 1. The first-order valence-corrected chi connectivity index (χ1v) is 8.55. The molecule has 3 heteroatoms. The average molecular weight is 302 g/mol. The van der Waals surface area contributed by atoms with E-state index in [1.165, 1.54) is 10.4 Å². The summed E-state index contributed by atoms with van der Waals surface area (Å²) in [5, 5.41) is 5.91. The van der Waals surface area contributed by atoms with Crippen molar-refractivity contribution in [2.45, 2.75) is 31.8 Å². The summed E-state index contributed by atoms with van der Waals surface area (Å²) in [7, 11) is 4.31. The molecule has 1 N–H and O–H groups in total. The van der Waals surface area contributed by atoms with Crippen LogP contribution < -0.4 is 5.32 Å². The van der Waals surface area contributed by atoms with Crippen LogP contribution in [0.2, 0.25) is 0 Å². The summed E-state index contributed by atoms with van der Waals surface area (Å²) in [4.78, 5) is 3.73. The van der Waals surface area contributed by atoms with E-state index in [1.807, 2.05) is 11.3 Å². The standard InChI is InChI=1S/C18H26N2S/c1-4-16(13-15-9-6-5-7-10-15)19-14-17(20(2)3)18-11-8-12-21-18/h5-12,16-17,19H,4,13-14H2,1-3H3. The van der Waals surface area contributed by atoms with Crippen LogP contribution in [0.4, 0.5) is 0 Å². The van der Waals surface area contributed by atoms with E-state index < -0.39 is 0 Å². The Morgan fingerprint density at radius 3 is 2.43 bits per heavy atom. The van der Waals surface area contributed by atoms with Gasteiger partial charge in [0.05, 0.1) is 6.04 Å². The second-order valence-corrected chi connectivity index (χ2v) is 6.68. The van der Waals surface area contributed by atoms with Gasteiger partial charge in [-0.2, -0.15) is 0 Å². The van der Waals surface area contributed by atoms with E-state index in [0.29, 0.717) is 12.1 Å². The third-order valence-electron chi connectivity index (χ3n) is 3.91. The molecule has 2 aromatic rings. The summed E-state index contributed by atoms with van der Waals surface area (Å²) in [6, 6.07) is 16.1. The van der Waals surface area contributed by atoms with Crippen LogP contribution >= 0.6 is 11.3 Å². The van der Waals surface area contributed by atoms with Crippen LogP contribution in [0.15, 0.2) is 47.8 Å². The Bertz CT molecular complexity index is 493. The van der Waals surface area contributed by atoms with Crippen molar-refractivity contribution in [3.63, 3.8) is 0 Å². The van der Waals surface area contributed by atoms with Gasteiger partial charge in [-0.25, -0.2) is 0 Å². The smallest absolute Gasteiger partial charge is 0.0561 e. The van der Waals surface area contributed by atoms with Crippen molar-refractivity contribution in [3.05, 3.63) is 58.3 Å². The highest BCUT2D eigenvalue weighted by Gasteiger charge is 2.16. The minimum atomic E-state index is 0.454. The van der Waals surface area contributed by atoms with Gasteiger partial charge in [0.2, 0.25) is 0 Å². The lowest BCUT2D eigenvalue weighted by Crippen LogP contribution is -2.37. The number of likely N-dealkylation sites (N-methyl/N-ethyl adjacent to an activating group) is 1. The first-order chi connectivity index (χ1) is 10.2. The van der Waals surface area contributed by atoms with Gasteiger partial charge in [-0.15, -0.1) is 11.3 Å². The van der Waals surface area contributed by atoms with Crippen molar-refractivity contribution >= 4 is 11.3 Å². The normalized spacial score (nSPS) is 14.3. The number of nitrogens with one attached hydrogen (secondary N) is 1. The second kappa shape index (κ2) is 8.32. The molecule has 0 saturated carbocycles. The van der Waals surface area contributed by atoms with Gasteiger partial charge in [-0.1, -0.05) is 43.3 Å². The van der Waals surface area contributed by atoms with Gasteiger partial charge >= 0.3 is 0 Å². The Morgan fingerprint density at radius 1 is 1.10 bits per heavy atom. The first-order valence-electron chi connectivity index (χ1n) is 7.67. The van der Waals surface area contributed by atoms with Crippen molar-refractivity contribution < 1.29 is 0 Å². The van der Waals surface area contributed by atoms with Gasteiger partial charge in [-0.05, 0) is 43.9 Å².